The quantitative estimate of drug-likeness (QED) is 0.543. The van der Waals surface area contributed by atoms with E-state index in [1.807, 2.05) is 0 Å². The Morgan fingerprint density at radius 1 is 1.25 bits per heavy atom. The third kappa shape index (κ3) is 8.40. The van der Waals surface area contributed by atoms with Gasteiger partial charge in [0.2, 0.25) is 5.91 Å². The van der Waals surface area contributed by atoms with Crippen LogP contribution in [0.4, 0.5) is 4.39 Å². The van der Waals surface area contributed by atoms with Crippen LogP contribution in [0.5, 0.6) is 0 Å². The second-order valence-electron chi connectivity index (χ2n) is 4.13. The molecule has 20 heavy (non-hydrogen) atoms. The average Bonchev–Trinajstić information content (AvgIpc) is 2.41. The predicted octanol–water partition coefficient (Wildman–Crippen LogP) is 2.85. The van der Waals surface area contributed by atoms with E-state index in [2.05, 4.69) is 17.6 Å². The summed E-state index contributed by atoms with van der Waals surface area (Å²) in [6, 6.07) is 6.62. The molecule has 0 bridgehead atoms. The molecule has 0 atom stereocenters. The SMILES string of the molecule is CCCNCCNC(=O)CCSc1ccccc1F.Cl. The monoisotopic (exact) mass is 320 g/mol. The normalized spacial score (nSPS) is 9.90. The smallest absolute Gasteiger partial charge is 0.220 e. The lowest BCUT2D eigenvalue weighted by atomic mass is 10.3. The van der Waals surface area contributed by atoms with Crippen LogP contribution in [0, 0.1) is 5.82 Å². The summed E-state index contributed by atoms with van der Waals surface area (Å²) in [5, 5.41) is 6.04. The lowest BCUT2D eigenvalue weighted by Gasteiger charge is -2.06. The number of nitrogens with one attached hydrogen (secondary N) is 2. The molecule has 1 aromatic carbocycles. The van der Waals surface area contributed by atoms with Crippen molar-refractivity contribution >= 4 is 30.1 Å². The van der Waals surface area contributed by atoms with Gasteiger partial charge in [0, 0.05) is 30.2 Å². The molecule has 0 saturated heterocycles. The lowest BCUT2D eigenvalue weighted by Crippen LogP contribution is -2.32. The summed E-state index contributed by atoms with van der Waals surface area (Å²) < 4.78 is 13.3. The first-order valence-electron chi connectivity index (χ1n) is 6.58. The molecule has 0 spiro atoms. The van der Waals surface area contributed by atoms with E-state index < -0.39 is 0 Å². The van der Waals surface area contributed by atoms with Gasteiger partial charge in [0.1, 0.15) is 5.82 Å². The van der Waals surface area contributed by atoms with Gasteiger partial charge in [-0.05, 0) is 25.1 Å². The van der Waals surface area contributed by atoms with E-state index in [0.717, 1.165) is 19.5 Å². The molecule has 6 heteroatoms. The summed E-state index contributed by atoms with van der Waals surface area (Å²) >= 11 is 1.37. The number of halogens is 2. The summed E-state index contributed by atoms with van der Waals surface area (Å²) in [5.41, 5.74) is 0. The van der Waals surface area contributed by atoms with Crippen LogP contribution in [0.3, 0.4) is 0 Å². The van der Waals surface area contributed by atoms with Crippen molar-refractivity contribution in [1.82, 2.24) is 10.6 Å². The van der Waals surface area contributed by atoms with Crippen molar-refractivity contribution < 1.29 is 9.18 Å². The zero-order valence-electron chi connectivity index (χ0n) is 11.7. The maximum Gasteiger partial charge on any atom is 0.220 e. The Balaban J connectivity index is 0.00000361. The first kappa shape index (κ1) is 19.2. The van der Waals surface area contributed by atoms with Gasteiger partial charge in [0.15, 0.2) is 0 Å². The summed E-state index contributed by atoms with van der Waals surface area (Å²) in [6.07, 6.45) is 1.50. The number of amides is 1. The minimum atomic E-state index is -0.225. The van der Waals surface area contributed by atoms with Gasteiger partial charge in [-0.3, -0.25) is 4.79 Å². The number of benzene rings is 1. The maximum atomic E-state index is 13.3. The van der Waals surface area contributed by atoms with E-state index in [4.69, 9.17) is 0 Å². The van der Waals surface area contributed by atoms with Gasteiger partial charge in [0.05, 0.1) is 0 Å². The minimum absolute atomic E-state index is 0. The van der Waals surface area contributed by atoms with Crippen molar-refractivity contribution in [2.24, 2.45) is 0 Å². The number of thioether (sulfide) groups is 1. The number of carbonyl (C=O) groups excluding carboxylic acids is 1. The molecule has 1 rings (SSSR count). The number of hydrogen-bond donors (Lipinski definition) is 2. The average molecular weight is 321 g/mol. The fraction of sp³-hybridized carbons (Fsp3) is 0.500. The van der Waals surface area contributed by atoms with Crippen LogP contribution in [0.2, 0.25) is 0 Å². The van der Waals surface area contributed by atoms with E-state index in [1.54, 1.807) is 18.2 Å². The standard InChI is InChI=1S/C14H21FN2OS.ClH/c1-2-8-16-9-10-17-14(18)7-11-19-13-6-4-3-5-12(13)15;/h3-6,16H,2,7-11H2,1H3,(H,17,18);1H. The van der Waals surface area contributed by atoms with E-state index in [-0.39, 0.29) is 24.1 Å². The van der Waals surface area contributed by atoms with Crippen LogP contribution >= 0.6 is 24.2 Å². The summed E-state index contributed by atoms with van der Waals surface area (Å²) in [7, 11) is 0. The Morgan fingerprint density at radius 3 is 2.70 bits per heavy atom. The summed E-state index contributed by atoms with van der Waals surface area (Å²) in [4.78, 5) is 12.1. The zero-order chi connectivity index (χ0) is 13.9. The molecule has 1 amide bonds. The molecule has 2 N–H and O–H groups in total. The van der Waals surface area contributed by atoms with Gasteiger partial charge in [0.25, 0.3) is 0 Å². The highest BCUT2D eigenvalue weighted by atomic mass is 35.5. The molecule has 0 radical (unpaired) electrons. The van der Waals surface area contributed by atoms with Gasteiger partial charge in [-0.1, -0.05) is 19.1 Å². The Bertz CT molecular complexity index is 393. The van der Waals surface area contributed by atoms with E-state index in [0.29, 0.717) is 23.6 Å². The van der Waals surface area contributed by atoms with Crippen molar-refractivity contribution in [2.45, 2.75) is 24.7 Å². The van der Waals surface area contributed by atoms with Crippen molar-refractivity contribution in [3.63, 3.8) is 0 Å². The second kappa shape index (κ2) is 12.0. The molecule has 0 aliphatic rings. The zero-order valence-corrected chi connectivity index (χ0v) is 13.3. The highest BCUT2D eigenvalue weighted by Crippen LogP contribution is 2.21. The Labute approximate surface area is 130 Å². The molecule has 0 aliphatic heterocycles. The molecule has 0 fully saturated rings. The molecule has 0 aromatic heterocycles. The molecular formula is C14H22ClFN2OS. The highest BCUT2D eigenvalue weighted by molar-refractivity contribution is 7.99. The number of carbonyl (C=O) groups is 1. The van der Waals surface area contributed by atoms with Crippen LogP contribution in [-0.2, 0) is 4.79 Å². The lowest BCUT2D eigenvalue weighted by molar-refractivity contribution is -0.120. The molecule has 3 nitrogen and oxygen atoms in total. The van der Waals surface area contributed by atoms with Crippen LogP contribution < -0.4 is 10.6 Å². The molecule has 0 saturated carbocycles. The second-order valence-corrected chi connectivity index (χ2v) is 5.27. The van der Waals surface area contributed by atoms with Gasteiger partial charge in [-0.15, -0.1) is 24.2 Å². The molecular weight excluding hydrogens is 299 g/mol. The van der Waals surface area contributed by atoms with Gasteiger partial charge in [-0.2, -0.15) is 0 Å². The van der Waals surface area contributed by atoms with Crippen LogP contribution in [0.25, 0.3) is 0 Å². The van der Waals surface area contributed by atoms with Gasteiger partial charge in [-0.25, -0.2) is 4.39 Å². The predicted molar refractivity (Wildman–Crippen MR) is 85.2 cm³/mol. The van der Waals surface area contributed by atoms with Crippen molar-refractivity contribution in [1.29, 1.82) is 0 Å². The maximum absolute atomic E-state index is 13.3. The van der Waals surface area contributed by atoms with Gasteiger partial charge >= 0.3 is 0 Å². The first-order chi connectivity index (χ1) is 9.24. The fourth-order valence-electron chi connectivity index (χ4n) is 1.50. The molecule has 0 aliphatic carbocycles. The van der Waals surface area contributed by atoms with Gasteiger partial charge < -0.3 is 10.6 Å². The molecule has 1 aromatic rings. The van der Waals surface area contributed by atoms with E-state index in [1.165, 1.54) is 17.8 Å². The minimum Gasteiger partial charge on any atom is -0.355 e. The topological polar surface area (TPSA) is 41.1 Å². The summed E-state index contributed by atoms with van der Waals surface area (Å²) in [5.74, 6) is 0.383. The Hall–Kier alpha value is -0.780. The highest BCUT2D eigenvalue weighted by Gasteiger charge is 2.04. The summed E-state index contributed by atoms with van der Waals surface area (Å²) in [6.45, 7) is 4.51. The Morgan fingerprint density at radius 2 is 2.00 bits per heavy atom. The number of rotatable bonds is 9. The fourth-order valence-corrected chi connectivity index (χ4v) is 2.38. The molecule has 0 heterocycles. The van der Waals surface area contributed by atoms with Crippen LogP contribution in [0.1, 0.15) is 19.8 Å². The molecule has 0 unspecified atom stereocenters. The van der Waals surface area contributed by atoms with Crippen molar-refractivity contribution in [3.8, 4) is 0 Å². The number of hydrogen-bond acceptors (Lipinski definition) is 3. The first-order valence-corrected chi connectivity index (χ1v) is 7.57. The van der Waals surface area contributed by atoms with E-state index in [9.17, 15) is 9.18 Å². The molecule has 114 valence electrons. The van der Waals surface area contributed by atoms with E-state index >= 15 is 0 Å². The van der Waals surface area contributed by atoms with Crippen molar-refractivity contribution in [3.05, 3.63) is 30.1 Å². The Kier molecular flexibility index (Phi) is 11.5. The largest absolute Gasteiger partial charge is 0.355 e. The third-order valence-electron chi connectivity index (χ3n) is 2.47. The van der Waals surface area contributed by atoms with Crippen molar-refractivity contribution in [2.75, 3.05) is 25.4 Å². The third-order valence-corrected chi connectivity index (χ3v) is 3.52. The van der Waals surface area contributed by atoms with Crippen LogP contribution in [-0.4, -0.2) is 31.3 Å². The van der Waals surface area contributed by atoms with Crippen LogP contribution in [0.15, 0.2) is 29.2 Å².